The van der Waals surface area contributed by atoms with E-state index in [1.54, 1.807) is 6.92 Å². The number of ether oxygens (including phenoxy) is 4. The molecule has 12 heteroatoms. The quantitative estimate of drug-likeness (QED) is 0.114. The summed E-state index contributed by atoms with van der Waals surface area (Å²) in [5, 5.41) is 35.1. The van der Waals surface area contributed by atoms with Gasteiger partial charge in [-0.2, -0.15) is 0 Å². The van der Waals surface area contributed by atoms with Crippen molar-refractivity contribution in [1.29, 1.82) is 0 Å². The van der Waals surface area contributed by atoms with Gasteiger partial charge in [-0.3, -0.25) is 4.79 Å². The third-order valence-electron chi connectivity index (χ3n) is 5.15. The van der Waals surface area contributed by atoms with Crippen molar-refractivity contribution in [2.45, 2.75) is 57.3 Å². The van der Waals surface area contributed by atoms with Crippen LogP contribution in [0.4, 0.5) is 0 Å². The third-order valence-corrected chi connectivity index (χ3v) is 5.15. The Hall–Kier alpha value is -1.93. The number of rotatable bonds is 13. The van der Waals surface area contributed by atoms with Crippen LogP contribution in [0.3, 0.4) is 0 Å². The number of aliphatic hydroxyl groups is 3. The van der Waals surface area contributed by atoms with Gasteiger partial charge in [0.05, 0.1) is 26.4 Å². The lowest BCUT2D eigenvalue weighted by atomic mass is 9.97. The Balaban J connectivity index is 1.59. The van der Waals surface area contributed by atoms with Crippen molar-refractivity contribution in [2.24, 2.45) is 0 Å². The van der Waals surface area contributed by atoms with Gasteiger partial charge in [0.15, 0.2) is 6.29 Å². The maximum atomic E-state index is 11.5. The predicted molar refractivity (Wildman–Crippen MR) is 108 cm³/mol. The molecule has 2 heterocycles. The Morgan fingerprint density at radius 1 is 1.09 bits per heavy atom. The lowest BCUT2D eigenvalue weighted by Gasteiger charge is -2.42. The summed E-state index contributed by atoms with van der Waals surface area (Å²) < 4.78 is 21.0. The predicted octanol–water partition coefficient (Wildman–Crippen LogP) is -2.27. The van der Waals surface area contributed by atoms with Crippen LogP contribution in [0.5, 0.6) is 0 Å². The standard InChI is InChI=1S/C20H32N2O10/c1-11-13(19(28)32-18(11)27)4-3-5-21-6-7-29-8-9-30-20-15(22-12(2)24)17(26)16(25)14(10-23)31-20/h14-17,20-21,23,25-26H,3-10H2,1-2H3,(H,22,24)/t14-,15-,16+,17-,20-/m1/s1. The van der Waals surface area contributed by atoms with Gasteiger partial charge >= 0.3 is 11.9 Å². The van der Waals surface area contributed by atoms with Gasteiger partial charge in [-0.1, -0.05) is 0 Å². The second-order valence-corrected chi connectivity index (χ2v) is 7.55. The van der Waals surface area contributed by atoms with E-state index in [1.165, 1.54) is 6.92 Å². The molecule has 0 radical (unpaired) electrons. The minimum Gasteiger partial charge on any atom is -0.394 e. The van der Waals surface area contributed by atoms with Gasteiger partial charge in [0.2, 0.25) is 5.91 Å². The molecule has 5 atom stereocenters. The monoisotopic (exact) mass is 460 g/mol. The fraction of sp³-hybridized carbons (Fsp3) is 0.750. The molecule has 1 saturated heterocycles. The number of aliphatic hydroxyl groups excluding tert-OH is 3. The van der Waals surface area contributed by atoms with Gasteiger partial charge in [0.1, 0.15) is 24.4 Å². The van der Waals surface area contributed by atoms with Crippen molar-refractivity contribution in [3.05, 3.63) is 11.1 Å². The largest absolute Gasteiger partial charge is 0.394 e. The molecule has 0 saturated carbocycles. The van der Waals surface area contributed by atoms with Crippen LogP contribution in [0.15, 0.2) is 11.1 Å². The zero-order valence-electron chi connectivity index (χ0n) is 18.2. The van der Waals surface area contributed by atoms with E-state index in [9.17, 15) is 29.7 Å². The van der Waals surface area contributed by atoms with Crippen molar-refractivity contribution in [2.75, 3.05) is 39.5 Å². The molecule has 2 aliphatic heterocycles. The van der Waals surface area contributed by atoms with Crippen molar-refractivity contribution < 1.29 is 48.7 Å². The molecule has 1 fully saturated rings. The number of cyclic esters (lactones) is 2. The van der Waals surface area contributed by atoms with Crippen LogP contribution in [0.1, 0.15) is 26.7 Å². The Bertz CT molecular complexity index is 698. The zero-order chi connectivity index (χ0) is 23.7. The van der Waals surface area contributed by atoms with Crippen LogP contribution < -0.4 is 10.6 Å². The number of nitrogens with one attached hydrogen (secondary N) is 2. The summed E-state index contributed by atoms with van der Waals surface area (Å²) in [6, 6.07) is -0.988. The van der Waals surface area contributed by atoms with Crippen molar-refractivity contribution in [1.82, 2.24) is 10.6 Å². The number of amides is 1. The first-order chi connectivity index (χ1) is 15.3. The molecule has 1 amide bonds. The van der Waals surface area contributed by atoms with E-state index in [0.717, 1.165) is 0 Å². The molecule has 2 rings (SSSR count). The molecule has 32 heavy (non-hydrogen) atoms. The summed E-state index contributed by atoms with van der Waals surface area (Å²) >= 11 is 0. The van der Waals surface area contributed by atoms with E-state index in [4.69, 9.17) is 14.2 Å². The smallest absolute Gasteiger partial charge is 0.342 e. The fourth-order valence-corrected chi connectivity index (χ4v) is 3.39. The van der Waals surface area contributed by atoms with Crippen LogP contribution in [-0.2, 0) is 33.3 Å². The van der Waals surface area contributed by atoms with E-state index in [-0.39, 0.29) is 13.2 Å². The van der Waals surface area contributed by atoms with Gasteiger partial charge in [-0.25, -0.2) is 9.59 Å². The highest BCUT2D eigenvalue weighted by Gasteiger charge is 2.45. The van der Waals surface area contributed by atoms with Crippen LogP contribution in [-0.4, -0.2) is 103 Å². The molecule has 5 N–H and O–H groups in total. The Morgan fingerprint density at radius 2 is 1.84 bits per heavy atom. The number of hydrogen-bond donors (Lipinski definition) is 5. The Kier molecular flexibility index (Phi) is 10.6. The number of esters is 2. The molecule has 0 aromatic carbocycles. The van der Waals surface area contributed by atoms with Crippen LogP contribution >= 0.6 is 0 Å². The molecular weight excluding hydrogens is 428 g/mol. The van der Waals surface area contributed by atoms with E-state index >= 15 is 0 Å². The second kappa shape index (κ2) is 12.9. The summed E-state index contributed by atoms with van der Waals surface area (Å²) in [7, 11) is 0. The molecule has 182 valence electrons. The summed E-state index contributed by atoms with van der Waals surface area (Å²) in [5.74, 6) is -1.56. The number of hydrogen-bond acceptors (Lipinski definition) is 11. The number of carbonyl (C=O) groups is 3. The van der Waals surface area contributed by atoms with E-state index < -0.39 is 55.1 Å². The average Bonchev–Trinajstić information content (AvgIpc) is 2.99. The Labute approximate surface area is 185 Å². The summed E-state index contributed by atoms with van der Waals surface area (Å²) in [6.07, 6.45) is -3.67. The van der Waals surface area contributed by atoms with E-state index in [2.05, 4.69) is 15.4 Å². The summed E-state index contributed by atoms with van der Waals surface area (Å²) in [5.41, 5.74) is 0.794. The first-order valence-electron chi connectivity index (χ1n) is 10.5. The molecule has 0 spiro atoms. The summed E-state index contributed by atoms with van der Waals surface area (Å²) in [6.45, 7) is 4.25. The first-order valence-corrected chi connectivity index (χ1v) is 10.5. The topological polar surface area (TPSA) is 173 Å². The molecule has 12 nitrogen and oxygen atoms in total. The minimum atomic E-state index is -1.36. The highest BCUT2D eigenvalue weighted by molar-refractivity contribution is 6.11. The highest BCUT2D eigenvalue weighted by atomic mass is 16.7. The second-order valence-electron chi connectivity index (χ2n) is 7.55. The highest BCUT2D eigenvalue weighted by Crippen LogP contribution is 2.22. The van der Waals surface area contributed by atoms with Gasteiger partial charge in [0.25, 0.3) is 0 Å². The summed E-state index contributed by atoms with van der Waals surface area (Å²) in [4.78, 5) is 34.1. The molecule has 0 bridgehead atoms. The Morgan fingerprint density at radius 3 is 2.47 bits per heavy atom. The van der Waals surface area contributed by atoms with Crippen molar-refractivity contribution in [3.63, 3.8) is 0 Å². The van der Waals surface area contributed by atoms with Crippen LogP contribution in [0.25, 0.3) is 0 Å². The maximum Gasteiger partial charge on any atom is 0.342 e. The van der Waals surface area contributed by atoms with E-state index in [0.29, 0.717) is 43.7 Å². The first kappa shape index (κ1) is 26.3. The van der Waals surface area contributed by atoms with Crippen molar-refractivity contribution in [3.8, 4) is 0 Å². The van der Waals surface area contributed by atoms with Crippen LogP contribution in [0.2, 0.25) is 0 Å². The maximum absolute atomic E-state index is 11.5. The fourth-order valence-electron chi connectivity index (χ4n) is 3.39. The van der Waals surface area contributed by atoms with Gasteiger partial charge < -0.3 is 44.9 Å². The molecule has 0 aliphatic carbocycles. The SMILES string of the molecule is CC(=O)N[C@H]1[C@H](OCCOCCNCCCC2=C(C)C(=O)OC2=O)O[C@H](CO)[C@H](O)[C@@H]1O. The lowest BCUT2D eigenvalue weighted by Crippen LogP contribution is -2.64. The molecular formula is C20H32N2O10. The molecule has 0 aromatic heterocycles. The zero-order valence-corrected chi connectivity index (χ0v) is 18.2. The minimum absolute atomic E-state index is 0.102. The van der Waals surface area contributed by atoms with Gasteiger partial charge in [-0.15, -0.1) is 0 Å². The van der Waals surface area contributed by atoms with Crippen LogP contribution in [0, 0.1) is 0 Å². The lowest BCUT2D eigenvalue weighted by molar-refractivity contribution is -0.272. The van der Waals surface area contributed by atoms with Crippen molar-refractivity contribution >= 4 is 17.8 Å². The molecule has 2 aliphatic rings. The third kappa shape index (κ3) is 7.30. The van der Waals surface area contributed by atoms with E-state index in [1.807, 2.05) is 0 Å². The number of carbonyl (C=O) groups excluding carboxylic acids is 3. The normalized spacial score (nSPS) is 28.2. The van der Waals surface area contributed by atoms with Gasteiger partial charge in [-0.05, 0) is 26.3 Å². The molecule has 0 unspecified atom stereocenters. The van der Waals surface area contributed by atoms with Gasteiger partial charge in [0, 0.05) is 24.6 Å². The molecule has 0 aromatic rings. The average molecular weight is 460 g/mol.